The molecule has 5 heterocycles. The zero-order valence-electron chi connectivity index (χ0n) is 38.7. The molecule has 3 aromatic rings. The van der Waals surface area contributed by atoms with Gasteiger partial charge in [0.15, 0.2) is 29.9 Å². The standard InChI is InChI=1S/C48H59F3N6O10S/c1-44(2,3)67-43(62)53-36-14-9-7-5-6-8-12-30-17-20-47(30,42(61)55-68(63,64)45(4)21-22-45)54-40(59)37-27-46(29-57(37)41(36)60)19-18-33-34-26-32(65-25-11-24-56-23-10-13-31(58)28-56)15-16-35(34)52-39(38(33)66-46)48(49,50)51/h8,10,12-13,15-16,23,26,28,30,36-37H,5-7,9,11,14,17-22,24-25,27,29H2,1-4H3,(H3-,53,54,55,58,59,61,62)/p+1. The Morgan fingerprint density at radius 1 is 1.07 bits per heavy atom. The molecule has 4 amide bonds. The van der Waals surface area contributed by atoms with Crippen molar-refractivity contribution in [3.05, 3.63) is 66.1 Å². The normalized spacial score (nSPS) is 26.2. The number of carbonyl (C=O) groups is 4. The molecule has 3 fully saturated rings. The van der Waals surface area contributed by atoms with Crippen LogP contribution >= 0.6 is 0 Å². The number of alkyl halides is 3. The molecule has 5 unspecified atom stereocenters. The van der Waals surface area contributed by atoms with Crippen LogP contribution in [-0.4, -0.2) is 93.9 Å². The summed E-state index contributed by atoms with van der Waals surface area (Å²) in [5.41, 5.74) is -5.20. The zero-order valence-corrected chi connectivity index (χ0v) is 39.6. The first-order valence-corrected chi connectivity index (χ1v) is 24.9. The maximum absolute atomic E-state index is 15.1. The van der Waals surface area contributed by atoms with E-state index in [0.29, 0.717) is 69.0 Å². The number of amides is 4. The van der Waals surface area contributed by atoms with Crippen LogP contribution in [0.3, 0.4) is 0 Å². The van der Waals surface area contributed by atoms with E-state index in [1.165, 1.54) is 17.9 Å². The van der Waals surface area contributed by atoms with E-state index in [1.54, 1.807) is 62.0 Å². The van der Waals surface area contributed by atoms with Gasteiger partial charge in [-0.15, -0.1) is 0 Å². The molecule has 368 valence electrons. The van der Waals surface area contributed by atoms with Crippen LogP contribution in [0.15, 0.2) is 54.9 Å². The zero-order chi connectivity index (χ0) is 48.9. The van der Waals surface area contributed by atoms with Crippen LogP contribution in [0.25, 0.3) is 10.9 Å². The van der Waals surface area contributed by atoms with E-state index in [9.17, 15) is 32.7 Å². The molecule has 20 heteroatoms. The predicted molar refractivity (Wildman–Crippen MR) is 241 cm³/mol. The van der Waals surface area contributed by atoms with Crippen LogP contribution in [0.5, 0.6) is 17.2 Å². The van der Waals surface area contributed by atoms with Crippen LogP contribution in [0.1, 0.15) is 116 Å². The van der Waals surface area contributed by atoms with Crippen molar-refractivity contribution >= 4 is 44.7 Å². The lowest BCUT2D eigenvalue weighted by Gasteiger charge is -2.48. The SMILES string of the molecule is CC(C)(C)OC(=O)NC1CCCCCC=CC2CCC2(C(=O)NS(=O)(=O)C2(C)CC2)NC(=O)C2CC3(CCc4c(c(C(F)(F)F)nc5ccc(OCCC[n+]6cccc(O)c6)cc45)O3)CN2C1=O. The van der Waals surface area contributed by atoms with Gasteiger partial charge in [0.05, 0.1) is 23.4 Å². The molecule has 1 saturated heterocycles. The summed E-state index contributed by atoms with van der Waals surface area (Å²) in [5, 5.41) is 15.7. The first-order chi connectivity index (χ1) is 32.0. The molecule has 8 rings (SSSR count). The lowest BCUT2D eigenvalue weighted by Crippen LogP contribution is -2.70. The monoisotopic (exact) mass is 969 g/mol. The summed E-state index contributed by atoms with van der Waals surface area (Å²) in [6.07, 6.45) is 5.42. The Balaban J connectivity index is 1.13. The van der Waals surface area contributed by atoms with E-state index in [0.717, 1.165) is 0 Å². The molecule has 1 spiro atoms. The average Bonchev–Trinajstić information content (AvgIpc) is 3.92. The third-order valence-corrected chi connectivity index (χ3v) is 16.0. The number of aryl methyl sites for hydroxylation is 2. The van der Waals surface area contributed by atoms with Crippen molar-refractivity contribution in [2.75, 3.05) is 13.2 Å². The Labute approximate surface area is 393 Å². The van der Waals surface area contributed by atoms with Gasteiger partial charge in [0.1, 0.15) is 34.6 Å². The van der Waals surface area contributed by atoms with Gasteiger partial charge < -0.3 is 34.9 Å². The van der Waals surface area contributed by atoms with Crippen molar-refractivity contribution in [3.63, 3.8) is 0 Å². The number of benzene rings is 1. The maximum Gasteiger partial charge on any atom is 0.437 e. The second-order valence-electron chi connectivity index (χ2n) is 20.2. The Hall–Kier alpha value is -5.66. The number of nitrogens with one attached hydrogen (secondary N) is 3. The molecule has 5 aliphatic rings. The van der Waals surface area contributed by atoms with E-state index >= 15 is 13.2 Å². The predicted octanol–water partition coefficient (Wildman–Crippen LogP) is 6.06. The molecule has 2 aromatic heterocycles. The largest absolute Gasteiger partial charge is 0.503 e. The van der Waals surface area contributed by atoms with Crippen molar-refractivity contribution in [2.45, 2.75) is 157 Å². The molecule has 2 aliphatic carbocycles. The van der Waals surface area contributed by atoms with Gasteiger partial charge >= 0.3 is 12.3 Å². The lowest BCUT2D eigenvalue weighted by molar-refractivity contribution is -0.697. The number of alkyl carbamates (subject to hydrolysis) is 1. The molecule has 4 N–H and O–H groups in total. The first-order valence-electron chi connectivity index (χ1n) is 23.4. The Bertz CT molecular complexity index is 2620. The van der Waals surface area contributed by atoms with Gasteiger partial charge in [-0.2, -0.15) is 13.2 Å². The summed E-state index contributed by atoms with van der Waals surface area (Å²) < 4.78 is 92.9. The topological polar surface area (TPSA) is 206 Å². The summed E-state index contributed by atoms with van der Waals surface area (Å²) >= 11 is 0. The summed E-state index contributed by atoms with van der Waals surface area (Å²) in [4.78, 5) is 62.6. The smallest absolute Gasteiger partial charge is 0.437 e. The Kier molecular flexibility index (Phi) is 13.2. The van der Waals surface area contributed by atoms with E-state index in [2.05, 4.69) is 20.3 Å². The molecular weight excluding hydrogens is 910 g/mol. The summed E-state index contributed by atoms with van der Waals surface area (Å²) in [6.45, 7) is 6.97. The van der Waals surface area contributed by atoms with Crippen molar-refractivity contribution in [1.29, 1.82) is 0 Å². The van der Waals surface area contributed by atoms with Crippen molar-refractivity contribution in [1.82, 2.24) is 25.2 Å². The highest BCUT2D eigenvalue weighted by molar-refractivity contribution is 7.91. The van der Waals surface area contributed by atoms with Crippen molar-refractivity contribution in [2.24, 2.45) is 5.92 Å². The van der Waals surface area contributed by atoms with Gasteiger partial charge in [0, 0.05) is 35.8 Å². The third kappa shape index (κ3) is 10.2. The van der Waals surface area contributed by atoms with E-state index < -0.39 is 90.9 Å². The molecule has 2 saturated carbocycles. The quantitative estimate of drug-likeness (QED) is 0.110. The van der Waals surface area contributed by atoms with Gasteiger partial charge in [-0.3, -0.25) is 19.1 Å². The fraction of sp³-hybridized carbons (Fsp3) is 0.583. The van der Waals surface area contributed by atoms with Crippen LogP contribution in [0.4, 0.5) is 18.0 Å². The number of pyridine rings is 2. The number of aromatic nitrogens is 2. The molecule has 0 bridgehead atoms. The number of carbonyl (C=O) groups excluding carboxylic acids is 4. The number of halogens is 3. The van der Waals surface area contributed by atoms with Crippen LogP contribution < -0.4 is 29.4 Å². The van der Waals surface area contributed by atoms with Gasteiger partial charge in [-0.05, 0) is 110 Å². The van der Waals surface area contributed by atoms with Crippen molar-refractivity contribution in [3.8, 4) is 17.2 Å². The van der Waals surface area contributed by atoms with Gasteiger partial charge in [0.25, 0.3) is 5.91 Å². The Morgan fingerprint density at radius 2 is 1.85 bits per heavy atom. The average molecular weight is 970 g/mol. The number of fused-ring (bicyclic) bond motifs is 5. The minimum absolute atomic E-state index is 0.0286. The number of allylic oxidation sites excluding steroid dienone is 1. The molecule has 3 aliphatic heterocycles. The number of rotatable bonds is 9. The number of aromatic hydroxyl groups is 1. The van der Waals surface area contributed by atoms with Crippen LogP contribution in [0, 0.1) is 5.92 Å². The number of ether oxygens (including phenoxy) is 3. The van der Waals surface area contributed by atoms with E-state index in [-0.39, 0.29) is 62.1 Å². The molecule has 1 aromatic carbocycles. The first kappa shape index (κ1) is 48.8. The molecular formula is C48H60F3N6O10S+. The van der Waals surface area contributed by atoms with Gasteiger partial charge in [0.2, 0.25) is 28.0 Å². The Morgan fingerprint density at radius 3 is 2.54 bits per heavy atom. The molecule has 0 radical (unpaired) electrons. The minimum atomic E-state index is -4.97. The third-order valence-electron chi connectivity index (χ3n) is 13.9. The number of sulfonamides is 1. The highest BCUT2D eigenvalue weighted by atomic mass is 32.2. The van der Waals surface area contributed by atoms with Crippen molar-refractivity contribution < 1.29 is 64.7 Å². The summed E-state index contributed by atoms with van der Waals surface area (Å²) in [5.74, 6) is -3.06. The van der Waals surface area contributed by atoms with E-state index in [4.69, 9.17) is 14.2 Å². The highest BCUT2D eigenvalue weighted by Crippen LogP contribution is 2.50. The fourth-order valence-electron chi connectivity index (χ4n) is 9.70. The second-order valence-corrected chi connectivity index (χ2v) is 22.4. The number of nitrogens with zero attached hydrogens (tertiary/aromatic N) is 3. The molecule has 68 heavy (non-hydrogen) atoms. The van der Waals surface area contributed by atoms with E-state index in [1.807, 2.05) is 12.2 Å². The van der Waals surface area contributed by atoms with Crippen LogP contribution in [0.2, 0.25) is 0 Å². The molecule has 5 atom stereocenters. The second kappa shape index (κ2) is 18.3. The minimum Gasteiger partial charge on any atom is -0.503 e. The fourth-order valence-corrected chi connectivity index (χ4v) is 11.0. The summed E-state index contributed by atoms with van der Waals surface area (Å²) in [7, 11) is -4.13. The van der Waals surface area contributed by atoms with Crippen LogP contribution in [-0.2, 0) is 48.3 Å². The summed E-state index contributed by atoms with van der Waals surface area (Å²) in [6, 6.07) is 5.24. The number of hydrogen-bond acceptors (Lipinski definition) is 11. The lowest BCUT2D eigenvalue weighted by atomic mass is 9.65. The van der Waals surface area contributed by atoms with Gasteiger partial charge in [-0.1, -0.05) is 25.0 Å². The highest BCUT2D eigenvalue weighted by Gasteiger charge is 2.60. The molecule has 16 nitrogen and oxygen atoms in total. The maximum atomic E-state index is 15.1. The number of hydrogen-bond donors (Lipinski definition) is 4. The van der Waals surface area contributed by atoms with Gasteiger partial charge in [-0.25, -0.2) is 22.8 Å².